The zero-order chi connectivity index (χ0) is 20.9. The molecule has 28 heavy (non-hydrogen) atoms. The van der Waals surface area contributed by atoms with Gasteiger partial charge in [0.15, 0.2) is 12.4 Å². The van der Waals surface area contributed by atoms with E-state index in [0.717, 1.165) is 6.07 Å². The van der Waals surface area contributed by atoms with Crippen molar-refractivity contribution in [2.45, 2.75) is 15.3 Å². The zero-order valence-corrected chi connectivity index (χ0v) is 15.8. The summed E-state index contributed by atoms with van der Waals surface area (Å²) in [5.41, 5.74) is -5.07. The van der Waals surface area contributed by atoms with Crippen molar-refractivity contribution in [2.24, 2.45) is 0 Å². The third-order valence-corrected chi connectivity index (χ3v) is 4.93. The second-order valence-electron chi connectivity index (χ2n) is 5.22. The fraction of sp³-hybridized carbons (Fsp3) is 0.188. The third-order valence-electron chi connectivity index (χ3n) is 3.20. The number of anilines is 1. The molecule has 1 amide bonds. The molecule has 0 saturated carbocycles. The van der Waals surface area contributed by atoms with Crippen LogP contribution in [0.2, 0.25) is 0 Å². The summed E-state index contributed by atoms with van der Waals surface area (Å²) in [6.45, 7) is -0.666. The van der Waals surface area contributed by atoms with Crippen LogP contribution >= 0.6 is 11.8 Å². The van der Waals surface area contributed by atoms with Gasteiger partial charge in [-0.1, -0.05) is 12.1 Å². The number of amides is 1. The van der Waals surface area contributed by atoms with Crippen molar-refractivity contribution in [3.05, 3.63) is 52.6 Å². The molecule has 2 rings (SSSR count). The standard InChI is InChI=1S/C16H13F3N2O5S2/c1-28(25)10-6-7-13(12(8-10)21(23)24)26-9-15(22)20-11-4-2-3-5-14(11)27-16(17,18)19/h2-8H,9H2,1H3,(H,20,22). The zero-order valence-electron chi connectivity index (χ0n) is 14.2. The predicted octanol–water partition coefficient (Wildman–Crippen LogP) is 3.96. The Balaban J connectivity index is 2.10. The molecule has 150 valence electrons. The van der Waals surface area contributed by atoms with E-state index < -0.39 is 39.4 Å². The minimum absolute atomic E-state index is 0.0651. The number of nitro benzene ring substituents is 1. The minimum Gasteiger partial charge on any atom is -0.477 e. The maximum atomic E-state index is 12.6. The number of ether oxygens (including phenoxy) is 1. The van der Waals surface area contributed by atoms with E-state index in [4.69, 9.17) is 4.74 Å². The molecule has 0 aromatic heterocycles. The number of nitrogens with one attached hydrogen (secondary N) is 1. The molecule has 0 spiro atoms. The lowest BCUT2D eigenvalue weighted by Crippen LogP contribution is -2.21. The average Bonchev–Trinajstić information content (AvgIpc) is 2.60. The molecule has 1 unspecified atom stereocenters. The number of hydrogen-bond donors (Lipinski definition) is 1. The summed E-state index contributed by atoms with van der Waals surface area (Å²) < 4.78 is 54.3. The minimum atomic E-state index is -4.53. The third kappa shape index (κ3) is 6.23. The number of carbonyl (C=O) groups excluding carboxylic acids is 1. The second kappa shape index (κ2) is 9.06. The van der Waals surface area contributed by atoms with Crippen LogP contribution in [0.3, 0.4) is 0 Å². The van der Waals surface area contributed by atoms with Crippen molar-refractivity contribution < 1.29 is 31.8 Å². The molecule has 2 aromatic carbocycles. The Hall–Kier alpha value is -2.60. The molecule has 1 N–H and O–H groups in total. The van der Waals surface area contributed by atoms with E-state index in [0.29, 0.717) is 0 Å². The molecule has 0 bridgehead atoms. The Morgan fingerprint density at radius 2 is 1.96 bits per heavy atom. The maximum Gasteiger partial charge on any atom is 0.446 e. The number of nitro groups is 1. The smallest absolute Gasteiger partial charge is 0.446 e. The number of halogens is 3. The first-order chi connectivity index (χ1) is 13.1. The number of alkyl halides is 3. The first-order valence-corrected chi connectivity index (χ1v) is 9.83. The van der Waals surface area contributed by atoms with Crippen molar-refractivity contribution in [3.63, 3.8) is 0 Å². The molecule has 1 atom stereocenters. The monoisotopic (exact) mass is 434 g/mol. The number of hydrogen-bond acceptors (Lipinski definition) is 6. The van der Waals surface area contributed by atoms with Crippen molar-refractivity contribution in [1.29, 1.82) is 0 Å². The quantitative estimate of drug-likeness (QED) is 0.402. The number of benzene rings is 2. The Bertz CT molecular complexity index is 921. The Morgan fingerprint density at radius 3 is 2.57 bits per heavy atom. The number of thioether (sulfide) groups is 1. The van der Waals surface area contributed by atoms with Crippen LogP contribution in [-0.4, -0.2) is 33.4 Å². The summed E-state index contributed by atoms with van der Waals surface area (Å²) in [5.74, 6) is -1.03. The van der Waals surface area contributed by atoms with Gasteiger partial charge in [-0.15, -0.1) is 0 Å². The Morgan fingerprint density at radius 1 is 1.29 bits per heavy atom. The highest BCUT2D eigenvalue weighted by Gasteiger charge is 2.30. The predicted molar refractivity (Wildman–Crippen MR) is 97.9 cm³/mol. The number of carbonyl (C=O) groups is 1. The maximum absolute atomic E-state index is 12.6. The molecule has 2 aromatic rings. The Labute approximate surface area is 163 Å². The normalized spacial score (nSPS) is 12.3. The van der Waals surface area contributed by atoms with Gasteiger partial charge in [-0.25, -0.2) is 0 Å². The highest BCUT2D eigenvalue weighted by Crippen LogP contribution is 2.40. The molecule has 0 fully saturated rings. The van der Waals surface area contributed by atoms with E-state index in [9.17, 15) is 32.3 Å². The van der Waals surface area contributed by atoms with Crippen LogP contribution < -0.4 is 10.1 Å². The lowest BCUT2D eigenvalue weighted by Gasteiger charge is -2.12. The highest BCUT2D eigenvalue weighted by molar-refractivity contribution is 8.00. The van der Waals surface area contributed by atoms with Gasteiger partial charge in [-0.05, 0) is 36.0 Å². The van der Waals surface area contributed by atoms with Crippen LogP contribution in [0.25, 0.3) is 0 Å². The van der Waals surface area contributed by atoms with E-state index in [-0.39, 0.29) is 33.0 Å². The number of rotatable bonds is 7. The number of nitrogens with zero attached hydrogens (tertiary/aromatic N) is 1. The summed E-state index contributed by atoms with van der Waals surface area (Å²) in [6.07, 6.45) is 1.35. The van der Waals surface area contributed by atoms with Crippen LogP contribution in [0.5, 0.6) is 5.75 Å². The summed E-state index contributed by atoms with van der Waals surface area (Å²) in [4.78, 5) is 22.4. The van der Waals surface area contributed by atoms with Gasteiger partial charge >= 0.3 is 11.2 Å². The van der Waals surface area contributed by atoms with Gasteiger partial charge in [0.2, 0.25) is 0 Å². The topological polar surface area (TPSA) is 98.5 Å². The molecular weight excluding hydrogens is 421 g/mol. The molecule has 0 saturated heterocycles. The molecule has 0 aliphatic rings. The fourth-order valence-corrected chi connectivity index (χ4v) is 3.22. The molecule has 0 heterocycles. The summed E-state index contributed by atoms with van der Waals surface area (Å²) in [5, 5.41) is 13.4. The van der Waals surface area contributed by atoms with Crippen LogP contribution in [0.15, 0.2) is 52.3 Å². The fourth-order valence-electron chi connectivity index (χ4n) is 2.05. The van der Waals surface area contributed by atoms with E-state index >= 15 is 0 Å². The van der Waals surface area contributed by atoms with Gasteiger partial charge in [0, 0.05) is 22.1 Å². The first-order valence-electron chi connectivity index (χ1n) is 7.46. The van der Waals surface area contributed by atoms with Crippen molar-refractivity contribution in [2.75, 3.05) is 18.2 Å². The summed E-state index contributed by atoms with van der Waals surface area (Å²) >= 11 is -0.379. The van der Waals surface area contributed by atoms with E-state index in [1.165, 1.54) is 42.7 Å². The van der Waals surface area contributed by atoms with Crippen LogP contribution in [-0.2, 0) is 15.6 Å². The average molecular weight is 434 g/mol. The highest BCUT2D eigenvalue weighted by atomic mass is 32.2. The van der Waals surface area contributed by atoms with Crippen molar-refractivity contribution in [3.8, 4) is 5.75 Å². The van der Waals surface area contributed by atoms with E-state index in [1.54, 1.807) is 0 Å². The SMILES string of the molecule is CS(=O)c1ccc(OCC(=O)Nc2ccccc2SC(F)(F)F)c([N+](=O)[O-])c1. The van der Waals surface area contributed by atoms with Crippen LogP contribution in [0.4, 0.5) is 24.5 Å². The lowest BCUT2D eigenvalue weighted by molar-refractivity contribution is -0.386. The van der Waals surface area contributed by atoms with Gasteiger partial charge in [-0.3, -0.25) is 19.1 Å². The molecule has 0 aliphatic heterocycles. The molecule has 12 heteroatoms. The van der Waals surface area contributed by atoms with Gasteiger partial charge in [0.1, 0.15) is 0 Å². The van der Waals surface area contributed by atoms with Gasteiger partial charge in [0.05, 0.1) is 21.4 Å². The summed E-state index contributed by atoms with van der Waals surface area (Å²) in [7, 11) is -1.45. The van der Waals surface area contributed by atoms with E-state index in [2.05, 4.69) is 5.32 Å². The van der Waals surface area contributed by atoms with Crippen LogP contribution in [0.1, 0.15) is 0 Å². The second-order valence-corrected chi connectivity index (χ2v) is 7.71. The van der Waals surface area contributed by atoms with Gasteiger partial charge < -0.3 is 10.1 Å². The van der Waals surface area contributed by atoms with Gasteiger partial charge in [0.25, 0.3) is 5.91 Å². The molecule has 0 radical (unpaired) electrons. The lowest BCUT2D eigenvalue weighted by atomic mass is 10.3. The molecule has 7 nitrogen and oxygen atoms in total. The Kier molecular flexibility index (Phi) is 7.02. The van der Waals surface area contributed by atoms with E-state index in [1.807, 2.05) is 0 Å². The number of para-hydroxylation sites is 1. The summed E-state index contributed by atoms with van der Waals surface area (Å²) in [6, 6.07) is 8.96. The first kappa shape index (κ1) is 21.7. The van der Waals surface area contributed by atoms with Crippen LogP contribution in [0, 0.1) is 10.1 Å². The van der Waals surface area contributed by atoms with Crippen molar-refractivity contribution in [1.82, 2.24) is 0 Å². The molecule has 0 aliphatic carbocycles. The van der Waals surface area contributed by atoms with Crippen molar-refractivity contribution >= 4 is 39.8 Å². The van der Waals surface area contributed by atoms with Gasteiger partial charge in [-0.2, -0.15) is 13.2 Å². The molecular formula is C16H13F3N2O5S2. The largest absolute Gasteiger partial charge is 0.477 e.